The molecule has 0 unspecified atom stereocenters. The summed E-state index contributed by atoms with van der Waals surface area (Å²) in [5.74, 6) is -0.345. The maximum atomic E-state index is 12.2. The van der Waals surface area contributed by atoms with Crippen LogP contribution in [0.2, 0.25) is 0 Å². The molecule has 3 rings (SSSR count). The molecule has 1 aromatic heterocycles. The summed E-state index contributed by atoms with van der Waals surface area (Å²) in [5, 5.41) is 8.68. The molecule has 0 amide bonds. The fourth-order valence-electron chi connectivity index (χ4n) is 3.64. The molecule has 1 aliphatic heterocycles. The first-order chi connectivity index (χ1) is 11.6. The average molecular weight is 350 g/mol. The van der Waals surface area contributed by atoms with Crippen LogP contribution in [0.3, 0.4) is 0 Å². The number of carbonyl (C=O) groups excluding carboxylic acids is 1. The number of thiocarbonyl (C=S) groups is 1. The van der Waals surface area contributed by atoms with E-state index in [-0.39, 0.29) is 5.97 Å². The summed E-state index contributed by atoms with van der Waals surface area (Å²) in [6, 6.07) is 0.492. The molecule has 1 aromatic rings. The highest BCUT2D eigenvalue weighted by molar-refractivity contribution is 7.80. The van der Waals surface area contributed by atoms with Gasteiger partial charge in [0.15, 0.2) is 10.8 Å². The van der Waals surface area contributed by atoms with E-state index in [9.17, 15) is 4.79 Å². The summed E-state index contributed by atoms with van der Waals surface area (Å²) in [7, 11) is 1.88. The summed E-state index contributed by atoms with van der Waals surface area (Å²) < 4.78 is 6.94. The van der Waals surface area contributed by atoms with Crippen molar-refractivity contribution in [3.8, 4) is 0 Å². The number of rotatable bonds is 3. The fraction of sp³-hybridized carbons (Fsp3) is 0.706. The van der Waals surface area contributed by atoms with Crippen molar-refractivity contribution >= 4 is 23.3 Å². The molecular weight excluding hydrogens is 324 g/mol. The lowest BCUT2D eigenvalue weighted by molar-refractivity contribution is 0.0516. The van der Waals surface area contributed by atoms with E-state index in [1.165, 1.54) is 32.1 Å². The SMILES string of the molecule is CCOC(=O)c1nn(C)c2c1CN(C(=S)NC1CCCCC1)CC2. The van der Waals surface area contributed by atoms with Crippen molar-refractivity contribution in [2.45, 2.75) is 58.0 Å². The minimum Gasteiger partial charge on any atom is -0.461 e. The molecule has 2 aliphatic rings. The van der Waals surface area contributed by atoms with Gasteiger partial charge in [0.05, 0.1) is 6.61 Å². The zero-order valence-corrected chi connectivity index (χ0v) is 15.3. The van der Waals surface area contributed by atoms with Crippen LogP contribution in [0.25, 0.3) is 0 Å². The van der Waals surface area contributed by atoms with Crippen molar-refractivity contribution in [2.75, 3.05) is 13.2 Å². The first-order valence-corrected chi connectivity index (χ1v) is 9.28. The van der Waals surface area contributed by atoms with Gasteiger partial charge in [0, 0.05) is 43.9 Å². The Labute approximate surface area is 148 Å². The molecule has 1 saturated carbocycles. The van der Waals surface area contributed by atoms with Gasteiger partial charge >= 0.3 is 5.97 Å². The zero-order valence-electron chi connectivity index (χ0n) is 14.5. The van der Waals surface area contributed by atoms with Crippen LogP contribution in [0.1, 0.15) is 60.8 Å². The second-order valence-corrected chi connectivity index (χ2v) is 6.96. The van der Waals surface area contributed by atoms with E-state index in [1.54, 1.807) is 4.68 Å². The lowest BCUT2D eigenvalue weighted by atomic mass is 9.96. The number of hydrogen-bond donors (Lipinski definition) is 1. The first kappa shape index (κ1) is 17.2. The standard InChI is InChI=1S/C17H26N4O2S/c1-3-23-16(22)15-13-11-21(10-9-14(13)20(2)19-15)17(24)18-12-7-5-4-6-8-12/h12H,3-11H2,1-2H3,(H,18,24). The van der Waals surface area contributed by atoms with Gasteiger partial charge in [0.1, 0.15) is 0 Å². The van der Waals surface area contributed by atoms with E-state index < -0.39 is 0 Å². The molecule has 0 aromatic carbocycles. The van der Waals surface area contributed by atoms with E-state index in [2.05, 4.69) is 15.3 Å². The average Bonchev–Trinajstić information content (AvgIpc) is 2.92. The number of ether oxygens (including phenoxy) is 1. The van der Waals surface area contributed by atoms with Crippen LogP contribution in [0.4, 0.5) is 0 Å². The van der Waals surface area contributed by atoms with Gasteiger partial charge < -0.3 is 15.0 Å². The van der Waals surface area contributed by atoms with Crippen molar-refractivity contribution in [2.24, 2.45) is 7.05 Å². The monoisotopic (exact) mass is 350 g/mol. The molecule has 24 heavy (non-hydrogen) atoms. The third-order valence-corrected chi connectivity index (χ3v) is 5.31. The maximum absolute atomic E-state index is 12.2. The van der Waals surface area contributed by atoms with Crippen LogP contribution < -0.4 is 5.32 Å². The molecule has 132 valence electrons. The predicted octanol–water partition coefficient (Wildman–Crippen LogP) is 2.16. The third kappa shape index (κ3) is 3.55. The van der Waals surface area contributed by atoms with Crippen LogP contribution in [0.5, 0.6) is 0 Å². The van der Waals surface area contributed by atoms with E-state index in [0.717, 1.165) is 29.3 Å². The number of nitrogens with one attached hydrogen (secondary N) is 1. The number of nitrogens with zero attached hydrogens (tertiary/aromatic N) is 3. The second-order valence-electron chi connectivity index (χ2n) is 6.57. The van der Waals surface area contributed by atoms with Crippen molar-refractivity contribution in [3.05, 3.63) is 17.0 Å². The number of esters is 1. The van der Waals surface area contributed by atoms with Crippen LogP contribution in [0.15, 0.2) is 0 Å². The predicted molar refractivity (Wildman–Crippen MR) is 95.9 cm³/mol. The minimum atomic E-state index is -0.345. The summed E-state index contributed by atoms with van der Waals surface area (Å²) in [4.78, 5) is 14.3. The topological polar surface area (TPSA) is 59.4 Å². The molecule has 0 radical (unpaired) electrons. The van der Waals surface area contributed by atoms with Crippen LogP contribution >= 0.6 is 12.2 Å². The summed E-state index contributed by atoms with van der Waals surface area (Å²) in [5.41, 5.74) is 2.49. The van der Waals surface area contributed by atoms with Crippen molar-refractivity contribution in [1.82, 2.24) is 20.0 Å². The molecule has 0 atom stereocenters. The second kappa shape index (κ2) is 7.51. The Kier molecular flexibility index (Phi) is 5.38. The molecule has 1 aliphatic carbocycles. The smallest absolute Gasteiger partial charge is 0.359 e. The highest BCUT2D eigenvalue weighted by atomic mass is 32.1. The molecule has 2 heterocycles. The summed E-state index contributed by atoms with van der Waals surface area (Å²) >= 11 is 5.62. The highest BCUT2D eigenvalue weighted by Crippen LogP contribution is 2.24. The van der Waals surface area contributed by atoms with E-state index in [1.807, 2.05) is 14.0 Å². The van der Waals surface area contributed by atoms with Crippen molar-refractivity contribution < 1.29 is 9.53 Å². The Balaban J connectivity index is 1.70. The van der Waals surface area contributed by atoms with Gasteiger partial charge in [-0.3, -0.25) is 4.68 Å². The molecule has 1 N–H and O–H groups in total. The number of hydrogen-bond acceptors (Lipinski definition) is 4. The largest absolute Gasteiger partial charge is 0.461 e. The van der Waals surface area contributed by atoms with Gasteiger partial charge in [-0.1, -0.05) is 19.3 Å². The van der Waals surface area contributed by atoms with Crippen LogP contribution in [-0.2, 0) is 24.8 Å². The van der Waals surface area contributed by atoms with Gasteiger partial charge in [-0.05, 0) is 32.0 Å². The Bertz CT molecular complexity index is 622. The number of carbonyl (C=O) groups is 1. The van der Waals surface area contributed by atoms with Crippen molar-refractivity contribution in [3.63, 3.8) is 0 Å². The van der Waals surface area contributed by atoms with Gasteiger partial charge in [-0.2, -0.15) is 5.10 Å². The molecule has 1 fully saturated rings. The number of aryl methyl sites for hydroxylation is 1. The lowest BCUT2D eigenvalue weighted by Crippen LogP contribution is -2.47. The van der Waals surface area contributed by atoms with Gasteiger partial charge in [-0.25, -0.2) is 4.79 Å². The van der Waals surface area contributed by atoms with E-state index in [4.69, 9.17) is 17.0 Å². The molecule has 0 saturated heterocycles. The Morgan fingerprint density at radius 2 is 2.12 bits per heavy atom. The van der Waals surface area contributed by atoms with Crippen LogP contribution in [0, 0.1) is 0 Å². The summed E-state index contributed by atoms with van der Waals surface area (Å²) in [6.07, 6.45) is 7.11. The van der Waals surface area contributed by atoms with Gasteiger partial charge in [0.25, 0.3) is 0 Å². The lowest BCUT2D eigenvalue weighted by Gasteiger charge is -2.33. The van der Waals surface area contributed by atoms with Crippen LogP contribution in [-0.4, -0.2) is 45.0 Å². The van der Waals surface area contributed by atoms with Gasteiger partial charge in [0.2, 0.25) is 0 Å². The number of aromatic nitrogens is 2. The fourth-order valence-corrected chi connectivity index (χ4v) is 3.96. The molecule has 7 heteroatoms. The van der Waals surface area contributed by atoms with E-state index >= 15 is 0 Å². The normalized spacial score (nSPS) is 18.2. The Morgan fingerprint density at radius 3 is 2.83 bits per heavy atom. The molecule has 6 nitrogen and oxygen atoms in total. The third-order valence-electron chi connectivity index (χ3n) is 4.93. The highest BCUT2D eigenvalue weighted by Gasteiger charge is 2.29. The molecule has 0 bridgehead atoms. The Morgan fingerprint density at radius 1 is 1.38 bits per heavy atom. The van der Waals surface area contributed by atoms with Crippen molar-refractivity contribution in [1.29, 1.82) is 0 Å². The quantitative estimate of drug-likeness (QED) is 0.666. The minimum absolute atomic E-state index is 0.345. The van der Waals surface area contributed by atoms with E-state index in [0.29, 0.717) is 24.9 Å². The summed E-state index contributed by atoms with van der Waals surface area (Å²) in [6.45, 7) is 3.64. The molecule has 0 spiro atoms. The maximum Gasteiger partial charge on any atom is 0.359 e. The zero-order chi connectivity index (χ0) is 17.1. The Hall–Kier alpha value is -1.63. The van der Waals surface area contributed by atoms with Gasteiger partial charge in [-0.15, -0.1) is 0 Å². The first-order valence-electron chi connectivity index (χ1n) is 8.87. The molecular formula is C17H26N4O2S. The number of fused-ring (bicyclic) bond motifs is 1.